The van der Waals surface area contributed by atoms with Crippen LogP contribution in [-0.4, -0.2) is 40.5 Å². The largest absolute Gasteiger partial charge is 0.497 e. The van der Waals surface area contributed by atoms with Crippen molar-refractivity contribution in [1.82, 2.24) is 0 Å². The molecule has 0 spiro atoms. The van der Waals surface area contributed by atoms with Crippen LogP contribution in [-0.2, 0) is 14.0 Å². The van der Waals surface area contributed by atoms with E-state index in [0.29, 0.717) is 6.61 Å². The number of hydrogen-bond donors (Lipinski definition) is 0. The number of amides is 1. The summed E-state index contributed by atoms with van der Waals surface area (Å²) in [5.74, 6) is 0.418. The van der Waals surface area contributed by atoms with Gasteiger partial charge in [0.05, 0.1) is 13.0 Å². The van der Waals surface area contributed by atoms with E-state index >= 15 is 0 Å². The molecule has 0 bridgehead atoms. The normalized spacial score (nSPS) is 21.5. The lowest BCUT2D eigenvalue weighted by Gasteiger charge is -2.52. The molecule has 0 radical (unpaired) electrons. The molecule has 0 aliphatic carbocycles. The standard InChI is InChI=1S/C20H31NO4Si/c1-13(22)18-17(16(20(2,3)4)12-25-26(6)7)19(23)21(18)14-8-10-15(24-5)11-9-14/h8-11,16-18,26H,12H2,1-7H3/t16?,17-,18+/m1/s1. The fraction of sp³-hybridized carbons (Fsp3) is 0.600. The molecular weight excluding hydrogens is 346 g/mol. The second-order valence-corrected chi connectivity index (χ2v) is 10.8. The molecule has 1 unspecified atom stereocenters. The maximum atomic E-state index is 13.1. The number of carbonyl (C=O) groups is 2. The molecule has 0 N–H and O–H groups in total. The number of carbonyl (C=O) groups excluding carboxylic acids is 2. The quantitative estimate of drug-likeness (QED) is 0.540. The Labute approximate surface area is 158 Å². The van der Waals surface area contributed by atoms with Gasteiger partial charge in [0, 0.05) is 12.3 Å². The maximum Gasteiger partial charge on any atom is 0.233 e. The topological polar surface area (TPSA) is 55.8 Å². The zero-order valence-corrected chi connectivity index (χ0v) is 18.1. The first kappa shape index (κ1) is 20.6. The van der Waals surface area contributed by atoms with Crippen molar-refractivity contribution in [2.75, 3.05) is 18.6 Å². The van der Waals surface area contributed by atoms with Crippen molar-refractivity contribution in [2.24, 2.45) is 17.3 Å². The molecule has 1 fully saturated rings. The minimum Gasteiger partial charge on any atom is -0.497 e. The Morgan fingerprint density at radius 3 is 2.23 bits per heavy atom. The summed E-state index contributed by atoms with van der Waals surface area (Å²) in [6, 6.07) is 6.83. The van der Waals surface area contributed by atoms with E-state index in [-0.39, 0.29) is 28.9 Å². The molecule has 1 amide bonds. The van der Waals surface area contributed by atoms with Gasteiger partial charge in [-0.25, -0.2) is 0 Å². The molecule has 144 valence electrons. The van der Waals surface area contributed by atoms with E-state index in [2.05, 4.69) is 33.9 Å². The third kappa shape index (κ3) is 4.18. The fourth-order valence-electron chi connectivity index (χ4n) is 3.56. The fourth-order valence-corrected chi connectivity index (χ4v) is 4.15. The van der Waals surface area contributed by atoms with Gasteiger partial charge in [-0.1, -0.05) is 20.8 Å². The van der Waals surface area contributed by atoms with E-state index in [9.17, 15) is 9.59 Å². The van der Waals surface area contributed by atoms with Crippen LogP contribution in [0.15, 0.2) is 24.3 Å². The van der Waals surface area contributed by atoms with Crippen molar-refractivity contribution in [3.63, 3.8) is 0 Å². The predicted octanol–water partition coefficient (Wildman–Crippen LogP) is 3.28. The molecule has 1 heterocycles. The van der Waals surface area contributed by atoms with Crippen molar-refractivity contribution in [2.45, 2.75) is 46.8 Å². The highest BCUT2D eigenvalue weighted by Gasteiger charge is 2.56. The van der Waals surface area contributed by atoms with Gasteiger partial charge in [-0.2, -0.15) is 0 Å². The van der Waals surface area contributed by atoms with Crippen LogP contribution in [0.3, 0.4) is 0 Å². The highest BCUT2D eigenvalue weighted by Crippen LogP contribution is 2.44. The summed E-state index contributed by atoms with van der Waals surface area (Å²) in [7, 11) is 0.401. The summed E-state index contributed by atoms with van der Waals surface area (Å²) >= 11 is 0. The van der Waals surface area contributed by atoms with Crippen molar-refractivity contribution < 1.29 is 18.8 Å². The summed E-state index contributed by atoms with van der Waals surface area (Å²) in [5.41, 5.74) is 0.614. The van der Waals surface area contributed by atoms with Crippen LogP contribution in [0.2, 0.25) is 13.1 Å². The van der Waals surface area contributed by atoms with Crippen LogP contribution >= 0.6 is 0 Å². The number of hydrogen-bond acceptors (Lipinski definition) is 4. The highest BCUT2D eigenvalue weighted by atomic mass is 28.3. The molecule has 1 aromatic carbocycles. The molecule has 6 heteroatoms. The number of nitrogens with zero attached hydrogens (tertiary/aromatic N) is 1. The zero-order chi connectivity index (χ0) is 19.6. The number of rotatable bonds is 7. The lowest BCUT2D eigenvalue weighted by Crippen LogP contribution is -2.68. The number of anilines is 1. The van der Waals surface area contributed by atoms with Crippen LogP contribution in [0.4, 0.5) is 5.69 Å². The van der Waals surface area contributed by atoms with Crippen LogP contribution in [0.25, 0.3) is 0 Å². The number of ether oxygens (including phenoxy) is 1. The molecule has 3 atom stereocenters. The lowest BCUT2D eigenvalue weighted by atomic mass is 9.65. The average molecular weight is 378 g/mol. The van der Waals surface area contributed by atoms with Crippen LogP contribution in [0, 0.1) is 17.3 Å². The Kier molecular flexibility index (Phi) is 6.29. The van der Waals surface area contributed by atoms with E-state index in [1.54, 1.807) is 18.9 Å². The summed E-state index contributed by atoms with van der Waals surface area (Å²) in [4.78, 5) is 27.1. The van der Waals surface area contributed by atoms with Gasteiger partial charge in [0.15, 0.2) is 14.8 Å². The highest BCUT2D eigenvalue weighted by molar-refractivity contribution is 6.48. The molecular formula is C20H31NO4Si. The summed E-state index contributed by atoms with van der Waals surface area (Å²) < 4.78 is 11.2. The minimum absolute atomic E-state index is 0.00400. The molecule has 1 aliphatic rings. The molecule has 1 aromatic rings. The molecule has 1 aliphatic heterocycles. The Morgan fingerprint density at radius 1 is 1.23 bits per heavy atom. The Morgan fingerprint density at radius 2 is 1.81 bits per heavy atom. The van der Waals surface area contributed by atoms with Gasteiger partial charge >= 0.3 is 0 Å². The smallest absolute Gasteiger partial charge is 0.233 e. The Bertz CT molecular complexity index is 651. The Hall–Kier alpha value is -1.66. The third-order valence-corrected chi connectivity index (χ3v) is 5.92. The SMILES string of the molecule is COc1ccc(N2C(=O)[C@H](C(CO[SiH](C)C)C(C)(C)C)[C@@H]2C(C)=O)cc1. The van der Waals surface area contributed by atoms with Crippen molar-refractivity contribution in [1.29, 1.82) is 0 Å². The average Bonchev–Trinajstić information content (AvgIpc) is 2.54. The molecule has 0 saturated carbocycles. The van der Waals surface area contributed by atoms with Crippen molar-refractivity contribution in [3.05, 3.63) is 24.3 Å². The van der Waals surface area contributed by atoms with Gasteiger partial charge in [0.25, 0.3) is 0 Å². The van der Waals surface area contributed by atoms with Crippen molar-refractivity contribution in [3.8, 4) is 5.75 Å². The van der Waals surface area contributed by atoms with E-state index in [0.717, 1.165) is 11.4 Å². The second kappa shape index (κ2) is 7.92. The molecule has 2 rings (SSSR count). The zero-order valence-electron chi connectivity index (χ0n) is 16.9. The van der Waals surface area contributed by atoms with Crippen LogP contribution < -0.4 is 9.64 Å². The van der Waals surface area contributed by atoms with Gasteiger partial charge in [-0.15, -0.1) is 0 Å². The van der Waals surface area contributed by atoms with E-state index in [1.165, 1.54) is 0 Å². The van der Waals surface area contributed by atoms with Gasteiger partial charge in [0.2, 0.25) is 5.91 Å². The van der Waals surface area contributed by atoms with Gasteiger partial charge in [-0.3, -0.25) is 9.59 Å². The van der Waals surface area contributed by atoms with E-state index in [1.807, 2.05) is 24.3 Å². The van der Waals surface area contributed by atoms with Gasteiger partial charge < -0.3 is 14.1 Å². The number of β-lactam (4-membered cyclic amide) rings is 1. The summed E-state index contributed by atoms with van der Waals surface area (Å²) in [5, 5.41) is 0. The minimum atomic E-state index is -1.20. The van der Waals surface area contributed by atoms with E-state index in [4.69, 9.17) is 9.16 Å². The number of ketones is 1. The summed E-state index contributed by atoms with van der Waals surface area (Å²) in [6.07, 6.45) is 0. The van der Waals surface area contributed by atoms with Gasteiger partial charge in [-0.05, 0) is 55.6 Å². The molecule has 26 heavy (non-hydrogen) atoms. The monoisotopic (exact) mass is 377 g/mol. The second-order valence-electron chi connectivity index (χ2n) is 8.34. The van der Waals surface area contributed by atoms with Gasteiger partial charge in [0.1, 0.15) is 11.8 Å². The first-order chi connectivity index (χ1) is 12.1. The lowest BCUT2D eigenvalue weighted by molar-refractivity contribution is -0.142. The number of benzene rings is 1. The molecule has 1 saturated heterocycles. The van der Waals surface area contributed by atoms with E-state index < -0.39 is 15.1 Å². The number of Topliss-reactive ketones (excluding diaryl/α,β-unsaturated/α-hetero) is 1. The summed E-state index contributed by atoms with van der Waals surface area (Å²) in [6.45, 7) is 12.7. The van der Waals surface area contributed by atoms with Crippen molar-refractivity contribution >= 4 is 26.4 Å². The Balaban J connectivity index is 2.30. The predicted molar refractivity (Wildman–Crippen MR) is 106 cm³/mol. The van der Waals surface area contributed by atoms with Crippen LogP contribution in [0.1, 0.15) is 27.7 Å². The number of methoxy groups -OCH3 is 1. The van der Waals surface area contributed by atoms with Crippen LogP contribution in [0.5, 0.6) is 5.75 Å². The molecule has 5 nitrogen and oxygen atoms in total. The molecule has 0 aromatic heterocycles. The third-order valence-electron chi connectivity index (χ3n) is 5.06. The maximum absolute atomic E-state index is 13.1. The first-order valence-corrected chi connectivity index (χ1v) is 11.9. The first-order valence-electron chi connectivity index (χ1n) is 9.17.